The second-order valence-electron chi connectivity index (χ2n) is 5.03. The van der Waals surface area contributed by atoms with Gasteiger partial charge in [-0.05, 0) is 31.6 Å². The average molecular weight is 266 g/mol. The van der Waals surface area contributed by atoms with Gasteiger partial charge in [0.05, 0.1) is 12.0 Å². The molecule has 0 bridgehead atoms. The van der Waals surface area contributed by atoms with Gasteiger partial charge in [-0.1, -0.05) is 34.6 Å². The van der Waals surface area contributed by atoms with Gasteiger partial charge in [-0.25, -0.2) is 0 Å². The summed E-state index contributed by atoms with van der Waals surface area (Å²) < 4.78 is 0. The molecule has 1 saturated heterocycles. The van der Waals surface area contributed by atoms with E-state index in [1.54, 1.807) is 0 Å². The van der Waals surface area contributed by atoms with Crippen molar-refractivity contribution < 1.29 is 4.79 Å². The van der Waals surface area contributed by atoms with Gasteiger partial charge in [0.25, 0.3) is 0 Å². The van der Waals surface area contributed by atoms with Crippen LogP contribution in [0.15, 0.2) is 0 Å². The number of likely N-dealkylation sites (tertiary alicyclic amines) is 1. The van der Waals surface area contributed by atoms with Crippen LogP contribution in [0.2, 0.25) is 0 Å². The summed E-state index contributed by atoms with van der Waals surface area (Å²) in [4.78, 5) is 13.8. The summed E-state index contributed by atoms with van der Waals surface area (Å²) in [5, 5.41) is 8.64. The number of nitriles is 1. The Hall–Kier alpha value is -1.04. The first-order valence-electron chi connectivity index (χ1n) is 7.89. The van der Waals surface area contributed by atoms with Gasteiger partial charge >= 0.3 is 0 Å². The fourth-order valence-electron chi connectivity index (χ4n) is 2.51. The molecular weight excluding hydrogens is 236 g/mol. The highest BCUT2D eigenvalue weighted by Gasteiger charge is 2.35. The van der Waals surface area contributed by atoms with Crippen molar-refractivity contribution in [2.24, 2.45) is 17.8 Å². The molecule has 1 saturated carbocycles. The number of carbonyl (C=O) groups excluding carboxylic acids is 1. The van der Waals surface area contributed by atoms with Gasteiger partial charge in [-0.2, -0.15) is 5.26 Å². The van der Waals surface area contributed by atoms with E-state index in [-0.39, 0.29) is 11.8 Å². The summed E-state index contributed by atoms with van der Waals surface area (Å²) in [5.41, 5.74) is 0. The molecule has 1 aliphatic heterocycles. The molecule has 0 atom stereocenters. The van der Waals surface area contributed by atoms with Gasteiger partial charge in [0, 0.05) is 19.0 Å². The van der Waals surface area contributed by atoms with Crippen molar-refractivity contribution in [2.75, 3.05) is 13.1 Å². The summed E-state index contributed by atoms with van der Waals surface area (Å²) in [5.74, 6) is 1.43. The van der Waals surface area contributed by atoms with Crippen LogP contribution in [0.3, 0.4) is 0 Å². The summed E-state index contributed by atoms with van der Waals surface area (Å²) >= 11 is 0. The average Bonchev–Trinajstić information content (AvgIpc) is 2.43. The van der Waals surface area contributed by atoms with Crippen molar-refractivity contribution in [3.05, 3.63) is 0 Å². The monoisotopic (exact) mass is 266 g/mol. The Bertz CT molecular complexity index is 282. The second-order valence-corrected chi connectivity index (χ2v) is 5.03. The largest absolute Gasteiger partial charge is 0.340 e. The number of rotatable bonds is 1. The third-order valence-electron chi connectivity index (χ3n) is 3.74. The molecule has 1 heterocycles. The van der Waals surface area contributed by atoms with Crippen molar-refractivity contribution in [3.63, 3.8) is 0 Å². The molecule has 110 valence electrons. The van der Waals surface area contributed by atoms with E-state index < -0.39 is 0 Å². The molecule has 2 rings (SSSR count). The van der Waals surface area contributed by atoms with E-state index in [4.69, 9.17) is 5.26 Å². The first kappa shape index (κ1) is 18.0. The maximum atomic E-state index is 12.0. The number of amides is 1. The summed E-state index contributed by atoms with van der Waals surface area (Å²) in [6, 6.07) is 2.20. The Morgan fingerprint density at radius 1 is 1.05 bits per heavy atom. The minimum absolute atomic E-state index is 0.0939. The van der Waals surface area contributed by atoms with Gasteiger partial charge in [-0.3, -0.25) is 4.79 Å². The van der Waals surface area contributed by atoms with Crippen LogP contribution in [0.5, 0.6) is 0 Å². The fourth-order valence-corrected chi connectivity index (χ4v) is 2.51. The smallest absolute Gasteiger partial charge is 0.225 e. The SMILES string of the molecule is CC.CC.CC1CCC(C(=O)N2CC(C#N)C2)CC1. The van der Waals surface area contributed by atoms with Crippen molar-refractivity contribution >= 4 is 5.91 Å². The minimum Gasteiger partial charge on any atom is -0.340 e. The number of hydrogen-bond acceptors (Lipinski definition) is 2. The Balaban J connectivity index is 0.000000741. The van der Waals surface area contributed by atoms with Crippen LogP contribution in [0.1, 0.15) is 60.3 Å². The molecular formula is C16H30N2O. The molecule has 0 aromatic carbocycles. The lowest BCUT2D eigenvalue weighted by molar-refractivity contribution is -0.142. The summed E-state index contributed by atoms with van der Waals surface area (Å²) in [6.45, 7) is 11.6. The maximum absolute atomic E-state index is 12.0. The Morgan fingerprint density at radius 2 is 1.53 bits per heavy atom. The van der Waals surface area contributed by atoms with Gasteiger partial charge < -0.3 is 4.90 Å². The second kappa shape index (κ2) is 9.83. The topological polar surface area (TPSA) is 44.1 Å². The van der Waals surface area contributed by atoms with E-state index in [9.17, 15) is 4.79 Å². The lowest BCUT2D eigenvalue weighted by Gasteiger charge is -2.39. The van der Waals surface area contributed by atoms with Crippen molar-refractivity contribution in [1.82, 2.24) is 4.90 Å². The van der Waals surface area contributed by atoms with E-state index >= 15 is 0 Å². The van der Waals surface area contributed by atoms with Crippen molar-refractivity contribution in [1.29, 1.82) is 5.26 Å². The van der Waals surface area contributed by atoms with E-state index in [0.29, 0.717) is 19.0 Å². The lowest BCUT2D eigenvalue weighted by atomic mass is 9.81. The van der Waals surface area contributed by atoms with Gasteiger partial charge in [0.15, 0.2) is 0 Å². The predicted octanol–water partition coefficient (Wildman–Crippen LogP) is 3.85. The molecule has 0 aromatic heterocycles. The molecule has 0 unspecified atom stereocenters. The molecule has 2 aliphatic rings. The Kier molecular flexibility index (Phi) is 9.30. The molecule has 1 aliphatic carbocycles. The van der Waals surface area contributed by atoms with E-state index in [1.165, 1.54) is 12.8 Å². The zero-order valence-electron chi connectivity index (χ0n) is 13.3. The first-order chi connectivity index (χ1) is 9.20. The number of carbonyl (C=O) groups is 1. The molecule has 0 N–H and O–H groups in total. The van der Waals surface area contributed by atoms with E-state index in [2.05, 4.69) is 13.0 Å². The summed E-state index contributed by atoms with van der Waals surface area (Å²) in [7, 11) is 0. The van der Waals surface area contributed by atoms with Gasteiger partial charge in [0.1, 0.15) is 0 Å². The number of nitrogens with zero attached hydrogens (tertiary/aromatic N) is 2. The third-order valence-corrected chi connectivity index (χ3v) is 3.74. The molecule has 0 spiro atoms. The van der Waals surface area contributed by atoms with Crippen LogP contribution in [0.4, 0.5) is 0 Å². The molecule has 0 aromatic rings. The maximum Gasteiger partial charge on any atom is 0.225 e. The highest BCUT2D eigenvalue weighted by molar-refractivity contribution is 5.79. The van der Waals surface area contributed by atoms with Crippen LogP contribution < -0.4 is 0 Å². The van der Waals surface area contributed by atoms with Gasteiger partial charge in [0.2, 0.25) is 5.91 Å². The highest BCUT2D eigenvalue weighted by atomic mass is 16.2. The molecule has 3 heteroatoms. The van der Waals surface area contributed by atoms with Crippen LogP contribution in [-0.2, 0) is 4.79 Å². The van der Waals surface area contributed by atoms with Crippen LogP contribution >= 0.6 is 0 Å². The molecule has 3 nitrogen and oxygen atoms in total. The normalized spacial score (nSPS) is 25.8. The first-order valence-corrected chi connectivity index (χ1v) is 7.89. The van der Waals surface area contributed by atoms with Crippen molar-refractivity contribution in [3.8, 4) is 6.07 Å². The quantitative estimate of drug-likeness (QED) is 0.723. The van der Waals surface area contributed by atoms with E-state index in [0.717, 1.165) is 18.8 Å². The standard InChI is InChI=1S/C12H18N2O.2C2H6/c1-9-2-4-11(5-3-9)12(15)14-7-10(6-13)8-14;2*1-2/h9-11H,2-5,7-8H2,1H3;2*1-2H3. The lowest BCUT2D eigenvalue weighted by Crippen LogP contribution is -2.51. The number of hydrogen-bond donors (Lipinski definition) is 0. The molecule has 2 fully saturated rings. The zero-order chi connectivity index (χ0) is 14.8. The summed E-state index contributed by atoms with van der Waals surface area (Å²) in [6.07, 6.45) is 4.47. The van der Waals surface area contributed by atoms with Crippen LogP contribution in [-0.4, -0.2) is 23.9 Å². The van der Waals surface area contributed by atoms with Crippen LogP contribution in [0.25, 0.3) is 0 Å². The third kappa shape index (κ3) is 5.22. The minimum atomic E-state index is 0.0939. The molecule has 1 amide bonds. The molecule has 19 heavy (non-hydrogen) atoms. The van der Waals surface area contributed by atoms with E-state index in [1.807, 2.05) is 32.6 Å². The Labute approximate surface area is 119 Å². The molecule has 0 radical (unpaired) electrons. The Morgan fingerprint density at radius 3 is 1.95 bits per heavy atom. The highest BCUT2D eigenvalue weighted by Crippen LogP contribution is 2.31. The fraction of sp³-hybridized carbons (Fsp3) is 0.875. The predicted molar refractivity (Wildman–Crippen MR) is 79.5 cm³/mol. The zero-order valence-corrected chi connectivity index (χ0v) is 13.3. The van der Waals surface area contributed by atoms with Crippen LogP contribution in [0, 0.1) is 29.1 Å². The van der Waals surface area contributed by atoms with Crippen molar-refractivity contribution in [2.45, 2.75) is 60.3 Å². The van der Waals surface area contributed by atoms with Gasteiger partial charge in [-0.15, -0.1) is 0 Å².